The predicted octanol–water partition coefficient (Wildman–Crippen LogP) is 4.84. The van der Waals surface area contributed by atoms with Crippen LogP contribution in [0.15, 0.2) is 54.9 Å². The minimum Gasteiger partial charge on any atom is -0.372 e. The van der Waals surface area contributed by atoms with Crippen LogP contribution in [0.4, 0.5) is 11.6 Å². The maximum atomic E-state index is 12.3. The summed E-state index contributed by atoms with van der Waals surface area (Å²) in [4.78, 5) is 49.5. The van der Waals surface area contributed by atoms with Crippen molar-refractivity contribution in [2.24, 2.45) is 0 Å². The van der Waals surface area contributed by atoms with E-state index in [-0.39, 0.29) is 24.2 Å². The van der Waals surface area contributed by atoms with Crippen molar-refractivity contribution in [2.45, 2.75) is 76.9 Å². The maximum absolute atomic E-state index is 12.3. The first-order valence-corrected chi connectivity index (χ1v) is 16.6. The number of anilines is 2. The average Bonchev–Trinajstić information content (AvgIpc) is 3.07. The van der Waals surface area contributed by atoms with Crippen LogP contribution < -0.4 is 16.0 Å². The molecule has 1 atom stereocenters. The average molecular weight is 646 g/mol. The molecule has 3 aromatic rings. The molecule has 3 fully saturated rings. The highest BCUT2D eigenvalue weighted by Gasteiger charge is 2.31. The van der Waals surface area contributed by atoms with Crippen molar-refractivity contribution in [3.05, 3.63) is 82.1 Å². The van der Waals surface area contributed by atoms with Crippen molar-refractivity contribution in [3.8, 4) is 0 Å². The molecule has 10 nitrogen and oxygen atoms in total. The van der Waals surface area contributed by atoms with Crippen molar-refractivity contribution >= 4 is 41.5 Å². The fourth-order valence-corrected chi connectivity index (χ4v) is 6.60. The molecule has 1 aromatic heterocycles. The number of carbonyl (C=O) groups excluding carboxylic acids is 3. The van der Waals surface area contributed by atoms with Gasteiger partial charge in [0.2, 0.25) is 24.2 Å². The lowest BCUT2D eigenvalue weighted by molar-refractivity contribution is -0.141. The van der Waals surface area contributed by atoms with E-state index in [9.17, 15) is 14.4 Å². The number of nitrogen functional groups attached to an aromatic ring is 1. The molecule has 0 bridgehead atoms. The summed E-state index contributed by atoms with van der Waals surface area (Å²) >= 11 is 5.43. The third-order valence-corrected chi connectivity index (χ3v) is 9.43. The van der Waals surface area contributed by atoms with Gasteiger partial charge >= 0.3 is 0 Å². The fourth-order valence-electron chi connectivity index (χ4n) is 6.50. The third kappa shape index (κ3) is 9.04. The Morgan fingerprint density at radius 3 is 2.30 bits per heavy atom. The Morgan fingerprint density at radius 2 is 1.67 bits per heavy atom. The van der Waals surface area contributed by atoms with Gasteiger partial charge < -0.3 is 15.5 Å². The summed E-state index contributed by atoms with van der Waals surface area (Å²) in [6, 6.07) is 15.1. The van der Waals surface area contributed by atoms with Gasteiger partial charge in [-0.1, -0.05) is 41.9 Å². The van der Waals surface area contributed by atoms with Crippen LogP contribution in [0, 0.1) is 6.92 Å². The first-order chi connectivity index (χ1) is 22.3. The predicted molar refractivity (Wildman–Crippen MR) is 180 cm³/mol. The Kier molecular flexibility index (Phi) is 11.6. The van der Waals surface area contributed by atoms with Crippen molar-refractivity contribution in [1.29, 1.82) is 0 Å². The van der Waals surface area contributed by atoms with Crippen molar-refractivity contribution in [2.75, 3.05) is 36.8 Å². The zero-order chi connectivity index (χ0) is 32.5. The first kappa shape index (κ1) is 33.3. The number of rotatable bonds is 8. The minimum absolute atomic E-state index is 0.245. The van der Waals surface area contributed by atoms with Gasteiger partial charge in [-0.25, -0.2) is 9.97 Å². The normalized spacial score (nSPS) is 19.2. The second kappa shape index (κ2) is 16.0. The lowest BCUT2D eigenvalue weighted by Crippen LogP contribution is -2.51. The lowest BCUT2D eigenvalue weighted by atomic mass is 9.87. The van der Waals surface area contributed by atoms with Gasteiger partial charge in [-0.05, 0) is 98.8 Å². The maximum Gasteiger partial charge on any atom is 0.249 e. The second-order valence-electron chi connectivity index (χ2n) is 12.5. The van der Waals surface area contributed by atoms with Crippen LogP contribution in [0.25, 0.3) is 0 Å². The van der Waals surface area contributed by atoms with Crippen LogP contribution in [-0.4, -0.2) is 70.2 Å². The third-order valence-electron chi connectivity index (χ3n) is 9.23. The van der Waals surface area contributed by atoms with Crippen LogP contribution >= 0.6 is 11.6 Å². The number of piperidine rings is 3. The highest BCUT2D eigenvalue weighted by Crippen LogP contribution is 2.31. The molecular formula is C35H44ClN7O3. The number of hydrogen-bond acceptors (Lipinski definition) is 8. The van der Waals surface area contributed by atoms with Crippen molar-refractivity contribution in [1.82, 2.24) is 25.1 Å². The summed E-state index contributed by atoms with van der Waals surface area (Å²) in [5.41, 5.74) is 11.4. The summed E-state index contributed by atoms with van der Waals surface area (Å²) < 4.78 is 0. The van der Waals surface area contributed by atoms with Crippen molar-refractivity contribution in [3.63, 3.8) is 0 Å². The number of aryl methyl sites for hydroxylation is 1. The van der Waals surface area contributed by atoms with Gasteiger partial charge in [-0.3, -0.25) is 24.6 Å². The molecule has 0 radical (unpaired) electrons. The van der Waals surface area contributed by atoms with E-state index in [2.05, 4.69) is 67.5 Å². The molecule has 3 saturated heterocycles. The van der Waals surface area contributed by atoms with Gasteiger partial charge in [0.15, 0.2) is 0 Å². The summed E-state index contributed by atoms with van der Waals surface area (Å²) in [5, 5.41) is 2.86. The van der Waals surface area contributed by atoms with Crippen LogP contribution in [0.2, 0.25) is 5.02 Å². The molecule has 3 N–H and O–H groups in total. The zero-order valence-electron chi connectivity index (χ0n) is 26.5. The number of amides is 3. The Labute approximate surface area is 276 Å². The standard InChI is InChI=1S/C31H40N4O3.C4H4ClN3/c1-23-5-8-26(19-27(23)21-35(22-36)29-11-12-30(37)32-31(29)38)25-13-17-33(18-14-25)20-24-6-9-28(10-7-24)34-15-3-2-4-16-34;5-3-1-7-4(6)8-2-3/h5-10,19,22,25,29H,2-4,11-18,20-21H2,1H3,(H,32,37,38);1-2H,(H2,6,7,8). The summed E-state index contributed by atoms with van der Waals surface area (Å²) in [7, 11) is 0. The molecule has 4 heterocycles. The van der Waals surface area contributed by atoms with Crippen molar-refractivity contribution < 1.29 is 14.4 Å². The molecule has 3 aliphatic rings. The molecule has 6 rings (SSSR count). The Balaban J connectivity index is 0.000000455. The number of nitrogens with two attached hydrogens (primary N) is 1. The molecule has 2 aromatic carbocycles. The molecule has 0 aliphatic carbocycles. The highest BCUT2D eigenvalue weighted by atomic mass is 35.5. The van der Waals surface area contributed by atoms with Crippen LogP contribution in [0.1, 0.15) is 73.1 Å². The van der Waals surface area contributed by atoms with Crippen LogP contribution in [0.3, 0.4) is 0 Å². The highest BCUT2D eigenvalue weighted by molar-refractivity contribution is 6.30. The van der Waals surface area contributed by atoms with Gasteiger partial charge in [0.1, 0.15) is 6.04 Å². The molecule has 3 aliphatic heterocycles. The number of aromatic nitrogens is 2. The number of carbonyl (C=O) groups is 3. The minimum atomic E-state index is -0.592. The quantitative estimate of drug-likeness (QED) is 0.263. The molecule has 11 heteroatoms. The summed E-state index contributed by atoms with van der Waals surface area (Å²) in [6.07, 6.45) is 10.5. The van der Waals surface area contributed by atoms with Gasteiger partial charge in [0.05, 0.1) is 17.4 Å². The van der Waals surface area contributed by atoms with E-state index in [0.29, 0.717) is 23.9 Å². The van der Waals surface area contributed by atoms with E-state index in [0.717, 1.165) is 50.0 Å². The summed E-state index contributed by atoms with van der Waals surface area (Å²) in [5.74, 6) is 0.0912. The largest absolute Gasteiger partial charge is 0.372 e. The van der Waals surface area contributed by atoms with Gasteiger partial charge in [0.25, 0.3) is 0 Å². The smallest absolute Gasteiger partial charge is 0.249 e. The zero-order valence-corrected chi connectivity index (χ0v) is 27.3. The number of likely N-dealkylation sites (tertiary alicyclic amines) is 1. The van der Waals surface area contributed by atoms with E-state index in [1.807, 2.05) is 6.92 Å². The SMILES string of the molecule is Cc1ccc(C2CCN(Cc3ccc(N4CCCCC4)cc3)CC2)cc1CN(C=O)C1CCC(=O)NC1=O.Nc1ncc(Cl)cn1. The molecule has 244 valence electrons. The van der Waals surface area contributed by atoms with E-state index in [1.165, 1.54) is 66.5 Å². The number of nitrogens with one attached hydrogen (secondary N) is 1. The molecule has 0 spiro atoms. The monoisotopic (exact) mass is 645 g/mol. The second-order valence-corrected chi connectivity index (χ2v) is 12.9. The Hall–Kier alpha value is -4.02. The number of nitrogens with zero attached hydrogens (tertiary/aromatic N) is 5. The topological polar surface area (TPSA) is 125 Å². The van der Waals surface area contributed by atoms with E-state index >= 15 is 0 Å². The van der Waals surface area contributed by atoms with E-state index in [4.69, 9.17) is 17.3 Å². The van der Waals surface area contributed by atoms with Gasteiger partial charge in [-0.2, -0.15) is 0 Å². The molecule has 1 unspecified atom stereocenters. The first-order valence-electron chi connectivity index (χ1n) is 16.2. The number of benzene rings is 2. The molecule has 46 heavy (non-hydrogen) atoms. The van der Waals surface area contributed by atoms with E-state index in [1.54, 1.807) is 0 Å². The Bertz CT molecular complexity index is 1450. The summed E-state index contributed by atoms with van der Waals surface area (Å²) in [6.45, 7) is 7.91. The van der Waals surface area contributed by atoms with Gasteiger partial charge in [-0.15, -0.1) is 0 Å². The molecular weight excluding hydrogens is 602 g/mol. The number of hydrogen-bond donors (Lipinski definition) is 2. The number of halogens is 1. The van der Waals surface area contributed by atoms with Crippen LogP contribution in [-0.2, 0) is 27.5 Å². The van der Waals surface area contributed by atoms with Gasteiger partial charge in [0, 0.05) is 38.3 Å². The number of imide groups is 1. The lowest BCUT2D eigenvalue weighted by Gasteiger charge is -2.33. The van der Waals surface area contributed by atoms with E-state index < -0.39 is 6.04 Å². The fraction of sp³-hybridized carbons (Fsp3) is 0.457. The molecule has 3 amide bonds. The van der Waals surface area contributed by atoms with Crippen LogP contribution in [0.5, 0.6) is 0 Å². The molecule has 0 saturated carbocycles. The Morgan fingerprint density at radius 1 is 0.978 bits per heavy atom.